The summed E-state index contributed by atoms with van der Waals surface area (Å²) in [6, 6.07) is 9.46. The Morgan fingerprint density at radius 3 is 2.62 bits per heavy atom. The second-order valence-corrected chi connectivity index (χ2v) is 5.54. The highest BCUT2D eigenvalue weighted by atomic mass is 16.2. The van der Waals surface area contributed by atoms with E-state index in [2.05, 4.69) is 10.4 Å². The summed E-state index contributed by atoms with van der Waals surface area (Å²) < 4.78 is 0. The second-order valence-electron chi connectivity index (χ2n) is 5.54. The monoisotopic (exact) mass is 287 g/mol. The van der Waals surface area contributed by atoms with Gasteiger partial charge >= 0.3 is 0 Å². The van der Waals surface area contributed by atoms with Crippen LogP contribution in [0, 0.1) is 5.92 Å². The number of hydrazone groups is 1. The van der Waals surface area contributed by atoms with Gasteiger partial charge in [-0.2, -0.15) is 5.10 Å². The molecule has 5 heteroatoms. The summed E-state index contributed by atoms with van der Waals surface area (Å²) in [6.45, 7) is 5.68. The molecular formula is C16H21N3O2. The minimum absolute atomic E-state index is 0.0243. The first-order valence-electron chi connectivity index (χ1n) is 7.22. The predicted octanol–water partition coefficient (Wildman–Crippen LogP) is 2.33. The lowest BCUT2D eigenvalue weighted by atomic mass is 9.98. The number of carbonyl (C=O) groups is 2. The van der Waals surface area contributed by atoms with E-state index in [9.17, 15) is 9.59 Å². The fourth-order valence-corrected chi connectivity index (χ4v) is 2.36. The molecule has 0 aromatic heterocycles. The zero-order chi connectivity index (χ0) is 15.4. The Morgan fingerprint density at radius 2 is 2.00 bits per heavy atom. The van der Waals surface area contributed by atoms with Crippen molar-refractivity contribution < 1.29 is 9.59 Å². The predicted molar refractivity (Wildman–Crippen MR) is 83.0 cm³/mol. The molecule has 1 aliphatic rings. The summed E-state index contributed by atoms with van der Waals surface area (Å²) >= 11 is 0. The molecule has 0 saturated heterocycles. The molecule has 0 saturated carbocycles. The third kappa shape index (κ3) is 3.68. The van der Waals surface area contributed by atoms with Gasteiger partial charge in [0.1, 0.15) is 0 Å². The summed E-state index contributed by atoms with van der Waals surface area (Å²) in [6.07, 6.45) is 0.833. The molecule has 2 amide bonds. The fraction of sp³-hybridized carbons (Fsp3) is 0.438. The van der Waals surface area contributed by atoms with Crippen molar-refractivity contribution >= 4 is 23.2 Å². The molecule has 0 bridgehead atoms. The molecule has 21 heavy (non-hydrogen) atoms. The Bertz CT molecular complexity index is 552. The number of nitrogens with one attached hydrogen (secondary N) is 1. The van der Waals surface area contributed by atoms with Gasteiger partial charge in [0, 0.05) is 18.2 Å². The molecule has 112 valence electrons. The van der Waals surface area contributed by atoms with E-state index in [0.29, 0.717) is 12.8 Å². The summed E-state index contributed by atoms with van der Waals surface area (Å²) in [5, 5.41) is 8.60. The molecule has 5 nitrogen and oxygen atoms in total. The van der Waals surface area contributed by atoms with E-state index in [1.807, 2.05) is 51.1 Å². The zero-order valence-corrected chi connectivity index (χ0v) is 12.7. The first-order valence-corrected chi connectivity index (χ1v) is 7.22. The molecule has 1 heterocycles. The first kappa shape index (κ1) is 15.2. The normalized spacial score (nSPS) is 18.1. The molecule has 0 fully saturated rings. The largest absolute Gasteiger partial charge is 0.354 e. The Kier molecular flexibility index (Phi) is 4.73. The van der Waals surface area contributed by atoms with E-state index < -0.39 is 0 Å². The van der Waals surface area contributed by atoms with Crippen LogP contribution in [0.3, 0.4) is 0 Å². The van der Waals surface area contributed by atoms with E-state index in [4.69, 9.17) is 0 Å². The van der Waals surface area contributed by atoms with Crippen molar-refractivity contribution in [3.05, 3.63) is 30.3 Å². The summed E-state index contributed by atoms with van der Waals surface area (Å²) in [4.78, 5) is 24.1. The van der Waals surface area contributed by atoms with Crippen LogP contribution in [0.25, 0.3) is 0 Å². The number of para-hydroxylation sites is 1. The van der Waals surface area contributed by atoms with E-state index >= 15 is 0 Å². The maximum atomic E-state index is 12.4. The Morgan fingerprint density at radius 1 is 1.33 bits per heavy atom. The van der Waals surface area contributed by atoms with E-state index in [-0.39, 0.29) is 23.8 Å². The minimum Gasteiger partial charge on any atom is -0.354 e. The van der Waals surface area contributed by atoms with Gasteiger partial charge in [0.25, 0.3) is 5.91 Å². The maximum absolute atomic E-state index is 12.4. The Labute approximate surface area is 125 Å². The lowest BCUT2D eigenvalue weighted by Crippen LogP contribution is -2.32. The fourth-order valence-electron chi connectivity index (χ4n) is 2.36. The molecule has 1 atom stereocenters. The number of amides is 2. The van der Waals surface area contributed by atoms with Crippen molar-refractivity contribution in [1.82, 2.24) is 5.32 Å². The van der Waals surface area contributed by atoms with E-state index in [1.165, 1.54) is 5.01 Å². The van der Waals surface area contributed by atoms with Crippen LogP contribution in [0.15, 0.2) is 35.4 Å². The standard InChI is InChI=1S/C16H21N3O2/c1-11(2)17-15(20)10-9-14-12(3)18-19(16(14)21)13-7-5-4-6-8-13/h4-8,11,14H,9-10H2,1-3H3,(H,17,20)/t14-/m0/s1. The minimum atomic E-state index is -0.303. The van der Waals surface area contributed by atoms with Crippen LogP contribution in [0.5, 0.6) is 0 Å². The number of anilines is 1. The molecule has 0 spiro atoms. The lowest BCUT2D eigenvalue weighted by Gasteiger charge is -2.14. The van der Waals surface area contributed by atoms with Gasteiger partial charge in [0.2, 0.25) is 5.91 Å². The van der Waals surface area contributed by atoms with Crippen molar-refractivity contribution in [2.24, 2.45) is 11.0 Å². The average Bonchev–Trinajstić information content (AvgIpc) is 2.72. The van der Waals surface area contributed by atoms with Crippen molar-refractivity contribution in [3.8, 4) is 0 Å². The van der Waals surface area contributed by atoms with Crippen molar-refractivity contribution in [3.63, 3.8) is 0 Å². The van der Waals surface area contributed by atoms with Crippen LogP contribution in [0.2, 0.25) is 0 Å². The number of hydrogen-bond donors (Lipinski definition) is 1. The van der Waals surface area contributed by atoms with Crippen LogP contribution in [0.4, 0.5) is 5.69 Å². The quantitative estimate of drug-likeness (QED) is 0.903. The summed E-state index contributed by atoms with van der Waals surface area (Å²) in [5.41, 5.74) is 1.53. The molecule has 1 aliphatic heterocycles. The summed E-state index contributed by atoms with van der Waals surface area (Å²) in [5.74, 6) is -0.386. The number of hydrogen-bond acceptors (Lipinski definition) is 3. The van der Waals surface area contributed by atoms with Gasteiger partial charge in [0.15, 0.2) is 0 Å². The van der Waals surface area contributed by atoms with Crippen molar-refractivity contribution in [2.45, 2.75) is 39.7 Å². The topological polar surface area (TPSA) is 61.8 Å². The number of rotatable bonds is 5. The van der Waals surface area contributed by atoms with Gasteiger partial charge in [-0.05, 0) is 39.3 Å². The molecule has 0 unspecified atom stereocenters. The summed E-state index contributed by atoms with van der Waals surface area (Å²) in [7, 11) is 0. The van der Waals surface area contributed by atoms with Gasteiger partial charge in [-0.25, -0.2) is 5.01 Å². The number of benzene rings is 1. The third-order valence-electron chi connectivity index (χ3n) is 3.38. The third-order valence-corrected chi connectivity index (χ3v) is 3.38. The van der Waals surface area contributed by atoms with Gasteiger partial charge in [0.05, 0.1) is 11.6 Å². The molecular weight excluding hydrogens is 266 g/mol. The van der Waals surface area contributed by atoms with Gasteiger partial charge in [-0.15, -0.1) is 0 Å². The zero-order valence-electron chi connectivity index (χ0n) is 12.7. The van der Waals surface area contributed by atoms with Crippen LogP contribution >= 0.6 is 0 Å². The Balaban J connectivity index is 1.99. The number of carbonyl (C=O) groups excluding carboxylic acids is 2. The number of nitrogens with zero attached hydrogens (tertiary/aromatic N) is 2. The molecule has 1 aromatic carbocycles. The van der Waals surface area contributed by atoms with Gasteiger partial charge in [-0.3, -0.25) is 9.59 Å². The van der Waals surface area contributed by atoms with Crippen molar-refractivity contribution in [1.29, 1.82) is 0 Å². The average molecular weight is 287 g/mol. The highest BCUT2D eigenvalue weighted by Gasteiger charge is 2.34. The maximum Gasteiger partial charge on any atom is 0.256 e. The van der Waals surface area contributed by atoms with Crippen LogP contribution in [-0.4, -0.2) is 23.6 Å². The van der Waals surface area contributed by atoms with Gasteiger partial charge < -0.3 is 5.32 Å². The smallest absolute Gasteiger partial charge is 0.256 e. The van der Waals surface area contributed by atoms with Crippen LogP contribution in [0.1, 0.15) is 33.6 Å². The van der Waals surface area contributed by atoms with Crippen molar-refractivity contribution in [2.75, 3.05) is 5.01 Å². The molecule has 0 aliphatic carbocycles. The Hall–Kier alpha value is -2.17. The lowest BCUT2D eigenvalue weighted by molar-refractivity contribution is -0.122. The first-order chi connectivity index (χ1) is 9.99. The van der Waals surface area contributed by atoms with Crippen LogP contribution < -0.4 is 10.3 Å². The van der Waals surface area contributed by atoms with E-state index in [0.717, 1.165) is 11.4 Å². The van der Waals surface area contributed by atoms with Crippen LogP contribution in [-0.2, 0) is 9.59 Å². The molecule has 1 aromatic rings. The highest BCUT2D eigenvalue weighted by molar-refractivity contribution is 6.14. The SMILES string of the molecule is CC1=NN(c2ccccc2)C(=O)[C@H]1CCC(=O)NC(C)C. The molecule has 0 radical (unpaired) electrons. The molecule has 2 rings (SSSR count). The second kappa shape index (κ2) is 6.52. The molecule has 1 N–H and O–H groups in total. The highest BCUT2D eigenvalue weighted by Crippen LogP contribution is 2.26. The van der Waals surface area contributed by atoms with E-state index in [1.54, 1.807) is 0 Å². The van der Waals surface area contributed by atoms with Gasteiger partial charge in [-0.1, -0.05) is 18.2 Å².